The molecule has 0 aliphatic rings. The lowest BCUT2D eigenvalue weighted by atomic mass is 10.0. The van der Waals surface area contributed by atoms with E-state index in [0.29, 0.717) is 5.56 Å². The van der Waals surface area contributed by atoms with Crippen LogP contribution in [-0.2, 0) is 27.1 Å². The van der Waals surface area contributed by atoms with E-state index >= 15 is 0 Å². The van der Waals surface area contributed by atoms with Crippen molar-refractivity contribution in [3.8, 4) is 0 Å². The molecule has 0 aliphatic heterocycles. The minimum atomic E-state index is -1.98. The average molecular weight is 377 g/mol. The molecule has 4 nitrogen and oxygen atoms in total. The van der Waals surface area contributed by atoms with Crippen molar-refractivity contribution in [2.24, 2.45) is 0 Å². The maximum absolute atomic E-state index is 14.9. The summed E-state index contributed by atoms with van der Waals surface area (Å²) in [4.78, 5) is 12.2. The first-order chi connectivity index (χ1) is 12.3. The highest BCUT2D eigenvalue weighted by Gasteiger charge is 2.34. The van der Waals surface area contributed by atoms with Crippen molar-refractivity contribution in [2.75, 3.05) is 0 Å². The van der Waals surface area contributed by atoms with Crippen LogP contribution in [0.5, 0.6) is 0 Å². The molecule has 0 saturated heterocycles. The van der Waals surface area contributed by atoms with Crippen LogP contribution in [0, 0.1) is 0 Å². The summed E-state index contributed by atoms with van der Waals surface area (Å²) in [5.74, 6) is -0.985. The summed E-state index contributed by atoms with van der Waals surface area (Å²) in [6, 6.07) is 16.7. The van der Waals surface area contributed by atoms with Gasteiger partial charge in [0.1, 0.15) is 6.61 Å². The van der Waals surface area contributed by atoms with Crippen LogP contribution in [-0.4, -0.2) is 21.1 Å². The molecule has 0 fully saturated rings. The smallest absolute Gasteiger partial charge is 0.343 e. The SMILES string of the molecule is CC(C)(C)S(=O)NC(c1ccccc1)C(F)C(=O)OCc1ccccc1. The zero-order valence-electron chi connectivity index (χ0n) is 15.1. The summed E-state index contributed by atoms with van der Waals surface area (Å²) in [7, 11) is -1.54. The predicted molar refractivity (Wildman–Crippen MR) is 101 cm³/mol. The van der Waals surface area contributed by atoms with Gasteiger partial charge in [0.2, 0.25) is 6.17 Å². The largest absolute Gasteiger partial charge is 0.459 e. The number of nitrogens with one attached hydrogen (secondary N) is 1. The van der Waals surface area contributed by atoms with Crippen LogP contribution >= 0.6 is 0 Å². The lowest BCUT2D eigenvalue weighted by molar-refractivity contribution is -0.152. The Bertz CT molecular complexity index is 732. The third-order valence-electron chi connectivity index (χ3n) is 3.69. The number of benzene rings is 2. The molecular formula is C20H24FNO3S. The maximum Gasteiger partial charge on any atom is 0.343 e. The lowest BCUT2D eigenvalue weighted by Crippen LogP contribution is -2.41. The van der Waals surface area contributed by atoms with Crippen molar-refractivity contribution < 1.29 is 18.1 Å². The first-order valence-electron chi connectivity index (χ1n) is 8.36. The lowest BCUT2D eigenvalue weighted by Gasteiger charge is -2.26. The zero-order chi connectivity index (χ0) is 19.2. The Morgan fingerprint density at radius 1 is 1.08 bits per heavy atom. The van der Waals surface area contributed by atoms with Gasteiger partial charge >= 0.3 is 5.97 Å². The number of ether oxygens (including phenoxy) is 1. The Morgan fingerprint density at radius 3 is 2.15 bits per heavy atom. The van der Waals surface area contributed by atoms with Crippen LogP contribution in [0.2, 0.25) is 0 Å². The van der Waals surface area contributed by atoms with E-state index in [-0.39, 0.29) is 6.61 Å². The molecule has 3 unspecified atom stereocenters. The van der Waals surface area contributed by atoms with Gasteiger partial charge < -0.3 is 4.74 Å². The number of rotatable bonds is 7. The fraction of sp³-hybridized carbons (Fsp3) is 0.350. The van der Waals surface area contributed by atoms with Gasteiger partial charge in [0.15, 0.2) is 0 Å². The van der Waals surface area contributed by atoms with E-state index in [9.17, 15) is 13.4 Å². The normalized spacial score (nSPS) is 15.1. The van der Waals surface area contributed by atoms with Gasteiger partial charge in [-0.3, -0.25) is 0 Å². The summed E-state index contributed by atoms with van der Waals surface area (Å²) in [6.07, 6.45) is -1.98. The molecule has 0 heterocycles. The monoisotopic (exact) mass is 377 g/mol. The molecule has 140 valence electrons. The Balaban J connectivity index is 2.13. The van der Waals surface area contributed by atoms with E-state index in [1.807, 2.05) is 18.2 Å². The van der Waals surface area contributed by atoms with Crippen LogP contribution in [0.4, 0.5) is 4.39 Å². The van der Waals surface area contributed by atoms with E-state index in [2.05, 4.69) is 4.72 Å². The molecule has 0 radical (unpaired) electrons. The molecule has 0 saturated carbocycles. The number of halogens is 1. The van der Waals surface area contributed by atoms with Gasteiger partial charge in [0, 0.05) is 0 Å². The van der Waals surface area contributed by atoms with Crippen molar-refractivity contribution >= 4 is 17.0 Å². The first kappa shape index (κ1) is 20.3. The summed E-state index contributed by atoms with van der Waals surface area (Å²) in [6.45, 7) is 5.32. The van der Waals surface area contributed by atoms with E-state index in [1.54, 1.807) is 63.2 Å². The summed E-state index contributed by atoms with van der Waals surface area (Å²) in [5, 5.41) is 0. The second-order valence-corrected chi connectivity index (χ2v) is 8.88. The number of alkyl halides is 1. The first-order valence-corrected chi connectivity index (χ1v) is 9.51. The summed E-state index contributed by atoms with van der Waals surface area (Å²) < 4.78 is 34.6. The molecule has 26 heavy (non-hydrogen) atoms. The molecule has 1 N–H and O–H groups in total. The molecule has 0 amide bonds. The Hall–Kier alpha value is -2.05. The summed E-state index contributed by atoms with van der Waals surface area (Å²) >= 11 is 0. The molecule has 6 heteroatoms. The van der Waals surface area contributed by atoms with Crippen LogP contribution in [0.25, 0.3) is 0 Å². The molecule has 2 aromatic carbocycles. The second kappa shape index (κ2) is 9.05. The number of carbonyl (C=O) groups excluding carboxylic acids is 1. The highest BCUT2D eigenvalue weighted by molar-refractivity contribution is 7.84. The quantitative estimate of drug-likeness (QED) is 0.746. The van der Waals surface area contributed by atoms with Crippen LogP contribution in [0.1, 0.15) is 37.9 Å². The molecular weight excluding hydrogens is 353 g/mol. The molecule has 0 aliphatic carbocycles. The van der Waals surface area contributed by atoms with Crippen molar-refractivity contribution in [1.82, 2.24) is 4.72 Å². The molecule has 0 bridgehead atoms. The topological polar surface area (TPSA) is 55.4 Å². The van der Waals surface area contributed by atoms with E-state index in [0.717, 1.165) is 5.56 Å². The van der Waals surface area contributed by atoms with Crippen LogP contribution in [0.3, 0.4) is 0 Å². The molecule has 0 spiro atoms. The standard InChI is InChI=1S/C20H24FNO3S/c1-20(2,3)26(24)22-18(16-12-8-5-9-13-16)17(21)19(23)25-14-15-10-6-4-7-11-15/h4-13,17-18,22H,14H2,1-3H3. The van der Waals surface area contributed by atoms with E-state index < -0.39 is 33.9 Å². The Kier molecular flexibility index (Phi) is 7.06. The highest BCUT2D eigenvalue weighted by Crippen LogP contribution is 2.24. The van der Waals surface area contributed by atoms with Crippen molar-refractivity contribution in [2.45, 2.75) is 44.3 Å². The molecule has 0 aromatic heterocycles. The highest BCUT2D eigenvalue weighted by atomic mass is 32.2. The zero-order valence-corrected chi connectivity index (χ0v) is 16.0. The van der Waals surface area contributed by atoms with E-state index in [1.165, 1.54) is 0 Å². The van der Waals surface area contributed by atoms with Gasteiger partial charge in [-0.15, -0.1) is 0 Å². The Morgan fingerprint density at radius 2 is 1.62 bits per heavy atom. The third-order valence-corrected chi connectivity index (χ3v) is 5.27. The van der Waals surface area contributed by atoms with Gasteiger partial charge in [-0.2, -0.15) is 0 Å². The number of hydrogen-bond donors (Lipinski definition) is 1. The minimum Gasteiger partial charge on any atom is -0.459 e. The third kappa shape index (κ3) is 5.75. The van der Waals surface area contributed by atoms with Crippen LogP contribution in [0.15, 0.2) is 60.7 Å². The predicted octanol–water partition coefficient (Wildman–Crippen LogP) is 3.86. The number of hydrogen-bond acceptors (Lipinski definition) is 3. The minimum absolute atomic E-state index is 0.00996. The van der Waals surface area contributed by atoms with Gasteiger partial charge in [0.05, 0.1) is 21.8 Å². The molecule has 2 rings (SSSR count). The summed E-state index contributed by atoms with van der Waals surface area (Å²) in [5.41, 5.74) is 1.31. The van der Waals surface area contributed by atoms with Gasteiger partial charge in [-0.25, -0.2) is 18.1 Å². The van der Waals surface area contributed by atoms with Crippen molar-refractivity contribution in [3.63, 3.8) is 0 Å². The average Bonchev–Trinajstić information content (AvgIpc) is 2.64. The van der Waals surface area contributed by atoms with E-state index in [4.69, 9.17) is 4.74 Å². The fourth-order valence-electron chi connectivity index (χ4n) is 2.19. The van der Waals surface area contributed by atoms with Gasteiger partial charge in [0.25, 0.3) is 0 Å². The Labute approximate surface area is 156 Å². The fourth-order valence-corrected chi connectivity index (χ4v) is 3.03. The van der Waals surface area contributed by atoms with Gasteiger partial charge in [-0.05, 0) is 31.9 Å². The molecule has 3 atom stereocenters. The maximum atomic E-state index is 14.9. The van der Waals surface area contributed by atoms with Crippen molar-refractivity contribution in [3.05, 3.63) is 71.8 Å². The van der Waals surface area contributed by atoms with Gasteiger partial charge in [-0.1, -0.05) is 60.7 Å². The van der Waals surface area contributed by atoms with Crippen molar-refractivity contribution in [1.29, 1.82) is 0 Å². The number of esters is 1. The number of carbonyl (C=O) groups is 1. The van der Waals surface area contributed by atoms with Crippen LogP contribution < -0.4 is 4.72 Å². The molecule has 2 aromatic rings. The second-order valence-electron chi connectivity index (χ2n) is 6.88.